The molecule has 108 valence electrons. The Bertz CT molecular complexity index is 503. The minimum atomic E-state index is -3.67. The van der Waals surface area contributed by atoms with Crippen molar-refractivity contribution in [2.24, 2.45) is 0 Å². The van der Waals surface area contributed by atoms with Gasteiger partial charge < -0.3 is 10.4 Å². The van der Waals surface area contributed by atoms with Crippen LogP contribution in [0.4, 0.5) is 5.69 Å². The summed E-state index contributed by atoms with van der Waals surface area (Å²) in [4.78, 5) is 4.03. The van der Waals surface area contributed by atoms with E-state index >= 15 is 0 Å². The third kappa shape index (κ3) is 3.65. The van der Waals surface area contributed by atoms with Gasteiger partial charge in [0.15, 0.2) is 0 Å². The van der Waals surface area contributed by atoms with Gasteiger partial charge in [-0.3, -0.25) is 4.98 Å². The smallest absolute Gasteiger partial charge is 0.246 e. The van der Waals surface area contributed by atoms with E-state index in [0.29, 0.717) is 12.2 Å². The van der Waals surface area contributed by atoms with Gasteiger partial charge in [-0.05, 0) is 26.8 Å². The maximum atomic E-state index is 12.6. The highest BCUT2D eigenvalue weighted by atomic mass is 32.2. The number of anilines is 1. The highest BCUT2D eigenvalue weighted by Gasteiger charge is 2.28. The van der Waals surface area contributed by atoms with Crippen molar-refractivity contribution in [2.45, 2.75) is 31.7 Å². The van der Waals surface area contributed by atoms with Crippen LogP contribution in [-0.2, 0) is 10.0 Å². The van der Waals surface area contributed by atoms with E-state index in [0.717, 1.165) is 0 Å². The van der Waals surface area contributed by atoms with Crippen LogP contribution in [0.2, 0.25) is 0 Å². The molecule has 0 aliphatic heterocycles. The lowest BCUT2D eigenvalue weighted by molar-refractivity contribution is 0.236. The number of aliphatic hydroxyl groups excluding tert-OH is 1. The Kier molecular flexibility index (Phi) is 5.71. The van der Waals surface area contributed by atoms with Crippen LogP contribution in [0.3, 0.4) is 0 Å². The van der Waals surface area contributed by atoms with Crippen molar-refractivity contribution in [3.8, 4) is 0 Å². The fraction of sp³-hybridized carbons (Fsp3) is 0.583. The normalized spacial score (nSPS) is 12.1. The van der Waals surface area contributed by atoms with Crippen LogP contribution in [0.1, 0.15) is 20.8 Å². The van der Waals surface area contributed by atoms with Crippen LogP contribution >= 0.6 is 0 Å². The van der Waals surface area contributed by atoms with Crippen molar-refractivity contribution in [1.82, 2.24) is 9.29 Å². The quantitative estimate of drug-likeness (QED) is 0.779. The second-order valence-electron chi connectivity index (χ2n) is 4.34. The number of rotatable bonds is 7. The molecule has 0 saturated carbocycles. The van der Waals surface area contributed by atoms with Gasteiger partial charge in [0.05, 0.1) is 12.3 Å². The van der Waals surface area contributed by atoms with Crippen molar-refractivity contribution < 1.29 is 13.5 Å². The van der Waals surface area contributed by atoms with Crippen molar-refractivity contribution in [1.29, 1.82) is 0 Å². The second-order valence-corrected chi connectivity index (χ2v) is 6.19. The molecule has 1 rings (SSSR count). The Morgan fingerprint density at radius 1 is 1.47 bits per heavy atom. The van der Waals surface area contributed by atoms with Crippen LogP contribution in [-0.4, -0.2) is 48.6 Å². The number of sulfonamides is 1. The summed E-state index contributed by atoms with van der Waals surface area (Å²) in [7, 11) is -3.67. The van der Waals surface area contributed by atoms with Gasteiger partial charge in [-0.15, -0.1) is 0 Å². The molecule has 1 aromatic rings. The zero-order valence-corrected chi connectivity index (χ0v) is 12.3. The number of hydrogen-bond acceptors (Lipinski definition) is 5. The van der Waals surface area contributed by atoms with E-state index in [4.69, 9.17) is 5.11 Å². The van der Waals surface area contributed by atoms with Gasteiger partial charge in [0.25, 0.3) is 0 Å². The molecule has 0 fully saturated rings. The first-order chi connectivity index (χ1) is 8.95. The number of hydrogen-bond donors (Lipinski definition) is 2. The van der Waals surface area contributed by atoms with Gasteiger partial charge >= 0.3 is 0 Å². The predicted molar refractivity (Wildman–Crippen MR) is 74.5 cm³/mol. The lowest BCUT2D eigenvalue weighted by atomic mass is 10.4. The fourth-order valence-electron chi connectivity index (χ4n) is 1.80. The molecule has 0 radical (unpaired) electrons. The third-order valence-electron chi connectivity index (χ3n) is 2.63. The molecule has 7 heteroatoms. The molecule has 0 aliphatic rings. The van der Waals surface area contributed by atoms with E-state index in [9.17, 15) is 8.42 Å². The summed E-state index contributed by atoms with van der Waals surface area (Å²) in [5.41, 5.74) is 0.529. The molecule has 19 heavy (non-hydrogen) atoms. The fourth-order valence-corrected chi connectivity index (χ4v) is 3.54. The highest BCUT2D eigenvalue weighted by Crippen LogP contribution is 2.24. The van der Waals surface area contributed by atoms with E-state index in [1.807, 2.05) is 6.92 Å². The molecule has 1 heterocycles. The topological polar surface area (TPSA) is 82.5 Å². The summed E-state index contributed by atoms with van der Waals surface area (Å²) in [6.45, 7) is 5.92. The van der Waals surface area contributed by atoms with Crippen LogP contribution in [0, 0.1) is 0 Å². The average Bonchev–Trinajstić information content (AvgIpc) is 2.36. The summed E-state index contributed by atoms with van der Waals surface area (Å²) < 4.78 is 26.5. The first-order valence-corrected chi connectivity index (χ1v) is 7.69. The van der Waals surface area contributed by atoms with Gasteiger partial charge in [0.2, 0.25) is 10.0 Å². The molecule has 0 amide bonds. The van der Waals surface area contributed by atoms with E-state index in [1.54, 1.807) is 26.1 Å². The van der Waals surface area contributed by atoms with E-state index in [-0.39, 0.29) is 24.1 Å². The Hall–Kier alpha value is -1.18. The Labute approximate surface area is 114 Å². The largest absolute Gasteiger partial charge is 0.395 e. The number of nitrogens with one attached hydrogen (secondary N) is 1. The lowest BCUT2D eigenvalue weighted by Gasteiger charge is -2.26. The summed E-state index contributed by atoms with van der Waals surface area (Å²) in [5, 5.41) is 12.0. The van der Waals surface area contributed by atoms with Crippen LogP contribution in [0.15, 0.2) is 23.4 Å². The molecule has 0 unspecified atom stereocenters. The molecule has 0 aromatic carbocycles. The average molecular weight is 287 g/mol. The van der Waals surface area contributed by atoms with Gasteiger partial charge in [-0.1, -0.05) is 0 Å². The molecule has 0 saturated heterocycles. The zero-order valence-electron chi connectivity index (χ0n) is 11.5. The molecule has 0 aliphatic carbocycles. The van der Waals surface area contributed by atoms with Gasteiger partial charge in [-0.2, -0.15) is 4.31 Å². The molecule has 1 aromatic heterocycles. The van der Waals surface area contributed by atoms with E-state index in [1.165, 1.54) is 10.5 Å². The van der Waals surface area contributed by atoms with Gasteiger partial charge in [0, 0.05) is 31.5 Å². The molecule has 0 atom stereocenters. The predicted octanol–water partition coefficient (Wildman–Crippen LogP) is 0.905. The molecule has 2 N–H and O–H groups in total. The van der Waals surface area contributed by atoms with Crippen LogP contribution in [0.25, 0.3) is 0 Å². The second kappa shape index (κ2) is 6.83. The molecule has 0 spiro atoms. The first-order valence-electron chi connectivity index (χ1n) is 6.25. The Morgan fingerprint density at radius 3 is 2.68 bits per heavy atom. The van der Waals surface area contributed by atoms with Crippen molar-refractivity contribution in [2.75, 3.05) is 25.0 Å². The summed E-state index contributed by atoms with van der Waals surface area (Å²) in [6, 6.07) is 1.40. The monoisotopic (exact) mass is 287 g/mol. The van der Waals surface area contributed by atoms with E-state index < -0.39 is 10.0 Å². The standard InChI is InChI=1S/C12H21N3O3S/c1-4-14-11-5-6-13-9-12(11)19(17,18)15(7-8-16)10(2)3/h5-6,9-10,16H,4,7-8H2,1-3H3,(H,13,14). The Balaban J connectivity index is 3.25. The number of pyridine rings is 1. The SMILES string of the molecule is CCNc1ccncc1S(=O)(=O)N(CCO)C(C)C. The zero-order chi connectivity index (χ0) is 14.5. The third-order valence-corrected chi connectivity index (χ3v) is 4.74. The number of aliphatic hydroxyl groups is 1. The maximum absolute atomic E-state index is 12.6. The van der Waals surface area contributed by atoms with Crippen molar-refractivity contribution in [3.63, 3.8) is 0 Å². The first kappa shape index (κ1) is 15.9. The molecule has 0 bridgehead atoms. The minimum absolute atomic E-state index is 0.0699. The molecule has 6 nitrogen and oxygen atoms in total. The highest BCUT2D eigenvalue weighted by molar-refractivity contribution is 7.89. The Morgan fingerprint density at radius 2 is 2.16 bits per heavy atom. The lowest BCUT2D eigenvalue weighted by Crippen LogP contribution is -2.39. The van der Waals surface area contributed by atoms with Crippen molar-refractivity contribution >= 4 is 15.7 Å². The van der Waals surface area contributed by atoms with Crippen LogP contribution < -0.4 is 5.32 Å². The van der Waals surface area contributed by atoms with Gasteiger partial charge in [-0.25, -0.2) is 8.42 Å². The summed E-state index contributed by atoms with van der Waals surface area (Å²) >= 11 is 0. The molecular formula is C12H21N3O3S. The maximum Gasteiger partial charge on any atom is 0.246 e. The molecular weight excluding hydrogens is 266 g/mol. The summed E-state index contributed by atoms with van der Waals surface area (Å²) in [5.74, 6) is 0. The van der Waals surface area contributed by atoms with Gasteiger partial charge in [0.1, 0.15) is 4.90 Å². The van der Waals surface area contributed by atoms with E-state index in [2.05, 4.69) is 10.3 Å². The van der Waals surface area contributed by atoms with Crippen LogP contribution in [0.5, 0.6) is 0 Å². The number of nitrogens with zero attached hydrogens (tertiary/aromatic N) is 2. The minimum Gasteiger partial charge on any atom is -0.395 e. The number of aromatic nitrogens is 1. The van der Waals surface area contributed by atoms with Crippen molar-refractivity contribution in [3.05, 3.63) is 18.5 Å². The summed E-state index contributed by atoms with van der Waals surface area (Å²) in [6.07, 6.45) is 2.88.